The molecule has 0 unspecified atom stereocenters. The van der Waals surface area contributed by atoms with E-state index in [1.165, 1.54) is 4.52 Å². The van der Waals surface area contributed by atoms with Crippen LogP contribution < -0.4 is 0 Å². The Balaban J connectivity index is 2.30. The molecule has 3 aromatic rings. The van der Waals surface area contributed by atoms with Gasteiger partial charge in [-0.15, -0.1) is 5.10 Å². The fraction of sp³-hybridized carbons (Fsp3) is 0.154. The first-order valence-corrected chi connectivity index (χ1v) is 7.10. The number of aromatic nitrogens is 4. The van der Waals surface area contributed by atoms with E-state index >= 15 is 0 Å². The number of hydrogen-bond acceptors (Lipinski definition) is 3. The fourth-order valence-electron chi connectivity index (χ4n) is 1.92. The molecule has 0 atom stereocenters. The van der Waals surface area contributed by atoms with Crippen LogP contribution in [0.1, 0.15) is 12.7 Å². The van der Waals surface area contributed by atoms with Crippen molar-refractivity contribution in [1.82, 2.24) is 19.6 Å². The quantitative estimate of drug-likeness (QED) is 0.659. The minimum absolute atomic E-state index is 0.278. The molecule has 7 heteroatoms. The number of benzene rings is 1. The summed E-state index contributed by atoms with van der Waals surface area (Å²) in [7, 11) is 0. The first-order chi connectivity index (χ1) is 9.60. The molecule has 1 aromatic carbocycles. The van der Waals surface area contributed by atoms with Crippen molar-refractivity contribution in [3.05, 3.63) is 45.4 Å². The highest BCUT2D eigenvalue weighted by Crippen LogP contribution is 2.34. The van der Waals surface area contributed by atoms with Crippen molar-refractivity contribution in [2.75, 3.05) is 0 Å². The highest BCUT2D eigenvalue weighted by Gasteiger charge is 2.17. The molecule has 0 radical (unpaired) electrons. The van der Waals surface area contributed by atoms with Gasteiger partial charge in [0.1, 0.15) is 10.3 Å². The maximum absolute atomic E-state index is 6.40. The maximum atomic E-state index is 6.40. The van der Waals surface area contributed by atoms with Crippen molar-refractivity contribution in [2.24, 2.45) is 0 Å². The lowest BCUT2D eigenvalue weighted by atomic mass is 10.1. The van der Waals surface area contributed by atoms with Gasteiger partial charge in [-0.25, -0.2) is 0 Å². The Morgan fingerprint density at radius 3 is 2.65 bits per heavy atom. The minimum Gasteiger partial charge on any atom is -0.198 e. The maximum Gasteiger partial charge on any atom is 0.255 e. The van der Waals surface area contributed by atoms with Crippen LogP contribution in [0.25, 0.3) is 16.9 Å². The molecule has 4 nitrogen and oxygen atoms in total. The second-order valence-corrected chi connectivity index (χ2v) is 5.32. The molecule has 0 N–H and O–H groups in total. The third kappa shape index (κ3) is 2.24. The smallest absolute Gasteiger partial charge is 0.198 e. The summed E-state index contributed by atoms with van der Waals surface area (Å²) in [5.74, 6) is 1.06. The molecule has 0 saturated heterocycles. The van der Waals surface area contributed by atoms with Crippen molar-refractivity contribution in [3.63, 3.8) is 0 Å². The standard InChI is InChI=1S/C13H9Cl3N4/c1-2-9-17-13-18-11(15)10(12(16)20(13)19-9)7-4-3-5-8(14)6-7/h3-6H,2H2,1H3. The summed E-state index contributed by atoms with van der Waals surface area (Å²) < 4.78 is 1.49. The molecule has 0 aliphatic rings. The molecule has 0 bridgehead atoms. The van der Waals surface area contributed by atoms with E-state index in [2.05, 4.69) is 15.1 Å². The summed E-state index contributed by atoms with van der Waals surface area (Å²) in [5.41, 5.74) is 1.38. The molecule has 0 saturated carbocycles. The zero-order chi connectivity index (χ0) is 14.3. The van der Waals surface area contributed by atoms with Gasteiger partial charge in [-0.05, 0) is 17.7 Å². The number of hydrogen-bond donors (Lipinski definition) is 0. The highest BCUT2D eigenvalue weighted by atomic mass is 35.5. The lowest BCUT2D eigenvalue weighted by Crippen LogP contribution is -1.97. The third-order valence-corrected chi connectivity index (χ3v) is 3.72. The molecule has 0 fully saturated rings. The topological polar surface area (TPSA) is 43.1 Å². The molecule has 0 aliphatic carbocycles. The average Bonchev–Trinajstić information content (AvgIpc) is 2.82. The van der Waals surface area contributed by atoms with Crippen LogP contribution in [0.2, 0.25) is 15.3 Å². The van der Waals surface area contributed by atoms with Crippen LogP contribution in [-0.4, -0.2) is 19.6 Å². The van der Waals surface area contributed by atoms with Gasteiger partial charge in [0.25, 0.3) is 5.78 Å². The molecule has 0 aliphatic heterocycles. The van der Waals surface area contributed by atoms with Gasteiger partial charge < -0.3 is 0 Å². The predicted molar refractivity (Wildman–Crippen MR) is 80.6 cm³/mol. The summed E-state index contributed by atoms with van der Waals surface area (Å²) >= 11 is 18.6. The van der Waals surface area contributed by atoms with Gasteiger partial charge >= 0.3 is 0 Å². The van der Waals surface area contributed by atoms with Gasteiger partial charge in [-0.3, -0.25) is 0 Å². The third-order valence-electron chi connectivity index (χ3n) is 2.86. The first kappa shape index (κ1) is 13.6. The van der Waals surface area contributed by atoms with Gasteiger partial charge in [-0.1, -0.05) is 53.9 Å². The summed E-state index contributed by atoms with van der Waals surface area (Å²) in [6.07, 6.45) is 0.698. The Hall–Kier alpha value is -1.36. The van der Waals surface area contributed by atoms with E-state index in [1.807, 2.05) is 19.1 Å². The Kier molecular flexibility index (Phi) is 3.54. The van der Waals surface area contributed by atoms with Crippen molar-refractivity contribution in [3.8, 4) is 11.1 Å². The summed E-state index contributed by atoms with van der Waals surface area (Å²) in [5, 5.41) is 5.55. The Bertz CT molecular complexity index is 798. The van der Waals surface area contributed by atoms with Crippen molar-refractivity contribution in [1.29, 1.82) is 0 Å². The SMILES string of the molecule is CCc1nc2nc(Cl)c(-c3cccc(Cl)c3)c(Cl)n2n1. The second kappa shape index (κ2) is 5.20. The Labute approximate surface area is 130 Å². The summed E-state index contributed by atoms with van der Waals surface area (Å²) in [6, 6.07) is 7.25. The van der Waals surface area contributed by atoms with E-state index < -0.39 is 0 Å². The zero-order valence-electron chi connectivity index (χ0n) is 10.4. The van der Waals surface area contributed by atoms with Crippen LogP contribution in [0.3, 0.4) is 0 Å². The van der Waals surface area contributed by atoms with Gasteiger partial charge in [0, 0.05) is 11.4 Å². The van der Waals surface area contributed by atoms with Gasteiger partial charge in [0.15, 0.2) is 5.82 Å². The van der Waals surface area contributed by atoms with Crippen LogP contribution in [0.4, 0.5) is 0 Å². The van der Waals surface area contributed by atoms with E-state index in [-0.39, 0.29) is 5.15 Å². The van der Waals surface area contributed by atoms with E-state index in [0.29, 0.717) is 33.8 Å². The molecule has 0 spiro atoms. The number of fused-ring (bicyclic) bond motifs is 1. The van der Waals surface area contributed by atoms with Crippen LogP contribution in [0, 0.1) is 0 Å². The lowest BCUT2D eigenvalue weighted by molar-refractivity contribution is 0.881. The molecule has 102 valence electrons. The Morgan fingerprint density at radius 1 is 1.15 bits per heavy atom. The van der Waals surface area contributed by atoms with Crippen LogP contribution in [-0.2, 0) is 6.42 Å². The lowest BCUT2D eigenvalue weighted by Gasteiger charge is -2.07. The summed E-state index contributed by atoms with van der Waals surface area (Å²) in [6.45, 7) is 1.96. The first-order valence-electron chi connectivity index (χ1n) is 5.96. The molecule has 2 aromatic heterocycles. The molecule has 20 heavy (non-hydrogen) atoms. The summed E-state index contributed by atoms with van der Waals surface area (Å²) in [4.78, 5) is 8.49. The number of halogens is 3. The molecular weight excluding hydrogens is 319 g/mol. The van der Waals surface area contributed by atoms with E-state index in [0.717, 1.165) is 5.56 Å². The Morgan fingerprint density at radius 2 is 1.95 bits per heavy atom. The minimum atomic E-state index is 0.278. The van der Waals surface area contributed by atoms with Crippen LogP contribution in [0.5, 0.6) is 0 Å². The fourth-order valence-corrected chi connectivity index (χ4v) is 2.74. The average molecular weight is 328 g/mol. The normalized spacial score (nSPS) is 11.2. The van der Waals surface area contributed by atoms with Crippen LogP contribution >= 0.6 is 34.8 Å². The van der Waals surface area contributed by atoms with Gasteiger partial charge in [-0.2, -0.15) is 14.5 Å². The van der Waals surface area contributed by atoms with Crippen molar-refractivity contribution < 1.29 is 0 Å². The zero-order valence-corrected chi connectivity index (χ0v) is 12.7. The van der Waals surface area contributed by atoms with Crippen LogP contribution in [0.15, 0.2) is 24.3 Å². The van der Waals surface area contributed by atoms with Crippen molar-refractivity contribution >= 4 is 40.6 Å². The van der Waals surface area contributed by atoms with E-state index in [4.69, 9.17) is 34.8 Å². The van der Waals surface area contributed by atoms with E-state index in [1.54, 1.807) is 12.1 Å². The highest BCUT2D eigenvalue weighted by molar-refractivity contribution is 6.38. The molecule has 2 heterocycles. The molecular formula is C13H9Cl3N4. The number of aryl methyl sites for hydroxylation is 1. The number of rotatable bonds is 2. The van der Waals surface area contributed by atoms with Crippen molar-refractivity contribution in [2.45, 2.75) is 13.3 Å². The monoisotopic (exact) mass is 326 g/mol. The van der Waals surface area contributed by atoms with Gasteiger partial charge in [0.05, 0.1) is 5.56 Å². The molecule has 0 amide bonds. The largest absolute Gasteiger partial charge is 0.255 e. The van der Waals surface area contributed by atoms with E-state index in [9.17, 15) is 0 Å². The second-order valence-electron chi connectivity index (χ2n) is 4.17. The van der Waals surface area contributed by atoms with Gasteiger partial charge in [0.2, 0.25) is 0 Å². The predicted octanol–water partition coefficient (Wildman–Crippen LogP) is 4.31. The number of nitrogens with zero attached hydrogens (tertiary/aromatic N) is 4. The molecule has 3 rings (SSSR count).